The monoisotopic (exact) mass is 219 g/mol. The number of aromatic amines is 1. The van der Waals surface area contributed by atoms with Crippen LogP contribution in [0.15, 0.2) is 48.5 Å². The Balaban J connectivity index is 2.31. The van der Waals surface area contributed by atoms with Crippen LogP contribution in [0.5, 0.6) is 0 Å². The topological polar surface area (TPSA) is 52.5 Å². The predicted molar refractivity (Wildman–Crippen MR) is 66.2 cm³/mol. The quantitative estimate of drug-likeness (QED) is 0.683. The SMILES string of the molecule is N#Cc1cccc2c(-c3ccccc3)n[nH]c12. The molecule has 1 N–H and O–H groups in total. The van der Waals surface area contributed by atoms with Gasteiger partial charge in [0.05, 0.1) is 16.8 Å². The molecule has 3 heteroatoms. The summed E-state index contributed by atoms with van der Waals surface area (Å²) in [5.41, 5.74) is 3.36. The van der Waals surface area contributed by atoms with Crippen molar-refractivity contribution in [3.63, 3.8) is 0 Å². The number of fused-ring (bicyclic) bond motifs is 1. The van der Waals surface area contributed by atoms with E-state index in [4.69, 9.17) is 5.26 Å². The molecule has 0 aliphatic heterocycles. The summed E-state index contributed by atoms with van der Waals surface area (Å²) in [6, 6.07) is 17.7. The molecule has 0 bridgehead atoms. The summed E-state index contributed by atoms with van der Waals surface area (Å²) in [4.78, 5) is 0. The Morgan fingerprint density at radius 3 is 2.59 bits per heavy atom. The minimum absolute atomic E-state index is 0.622. The van der Waals surface area contributed by atoms with Crippen LogP contribution in [0.2, 0.25) is 0 Å². The van der Waals surface area contributed by atoms with Gasteiger partial charge in [-0.3, -0.25) is 5.10 Å². The Labute approximate surface area is 98.3 Å². The lowest BCUT2D eigenvalue weighted by Gasteiger charge is -1.97. The molecule has 0 amide bonds. The number of aromatic nitrogens is 2. The highest BCUT2D eigenvalue weighted by atomic mass is 15.1. The smallest absolute Gasteiger partial charge is 0.101 e. The zero-order valence-electron chi connectivity index (χ0n) is 9.01. The summed E-state index contributed by atoms with van der Waals surface area (Å²) >= 11 is 0. The zero-order chi connectivity index (χ0) is 11.7. The molecule has 0 saturated carbocycles. The summed E-state index contributed by atoms with van der Waals surface area (Å²) in [5, 5.41) is 17.2. The van der Waals surface area contributed by atoms with E-state index in [-0.39, 0.29) is 0 Å². The number of hydrogen-bond acceptors (Lipinski definition) is 2. The minimum Gasteiger partial charge on any atom is -0.276 e. The molecule has 80 valence electrons. The maximum absolute atomic E-state index is 9.02. The standard InChI is InChI=1S/C14H9N3/c15-9-11-7-4-8-12-13(16-17-14(11)12)10-5-2-1-3-6-10/h1-8H,(H,16,17). The van der Waals surface area contributed by atoms with Gasteiger partial charge in [-0.2, -0.15) is 10.4 Å². The van der Waals surface area contributed by atoms with Crippen molar-refractivity contribution in [3.05, 3.63) is 54.1 Å². The van der Waals surface area contributed by atoms with E-state index in [2.05, 4.69) is 16.3 Å². The number of para-hydroxylation sites is 1. The largest absolute Gasteiger partial charge is 0.276 e. The van der Waals surface area contributed by atoms with Gasteiger partial charge in [0.15, 0.2) is 0 Å². The van der Waals surface area contributed by atoms with E-state index in [0.29, 0.717) is 5.56 Å². The molecule has 0 aliphatic rings. The van der Waals surface area contributed by atoms with Crippen molar-refractivity contribution < 1.29 is 0 Å². The average Bonchev–Trinajstić information content (AvgIpc) is 2.83. The van der Waals surface area contributed by atoms with E-state index in [1.165, 1.54) is 0 Å². The highest BCUT2D eigenvalue weighted by Gasteiger charge is 2.09. The first kappa shape index (κ1) is 9.61. The lowest BCUT2D eigenvalue weighted by Crippen LogP contribution is -1.78. The van der Waals surface area contributed by atoms with E-state index in [0.717, 1.165) is 22.2 Å². The molecule has 0 spiro atoms. The number of benzene rings is 2. The molecule has 0 radical (unpaired) electrons. The van der Waals surface area contributed by atoms with Gasteiger partial charge >= 0.3 is 0 Å². The first-order valence-corrected chi connectivity index (χ1v) is 5.33. The average molecular weight is 219 g/mol. The second-order valence-electron chi connectivity index (χ2n) is 3.78. The second-order valence-corrected chi connectivity index (χ2v) is 3.78. The molecule has 0 saturated heterocycles. The van der Waals surface area contributed by atoms with Gasteiger partial charge in [-0.25, -0.2) is 0 Å². The van der Waals surface area contributed by atoms with Crippen molar-refractivity contribution in [2.75, 3.05) is 0 Å². The van der Waals surface area contributed by atoms with E-state index in [1.54, 1.807) is 6.07 Å². The van der Waals surface area contributed by atoms with Crippen LogP contribution in [0.25, 0.3) is 22.2 Å². The summed E-state index contributed by atoms with van der Waals surface area (Å²) in [6.45, 7) is 0. The first-order valence-electron chi connectivity index (χ1n) is 5.33. The normalized spacial score (nSPS) is 10.3. The van der Waals surface area contributed by atoms with Crippen LogP contribution in [-0.4, -0.2) is 10.2 Å². The molecule has 2 aromatic carbocycles. The Kier molecular flexibility index (Phi) is 2.13. The highest BCUT2D eigenvalue weighted by Crippen LogP contribution is 2.27. The van der Waals surface area contributed by atoms with Crippen LogP contribution < -0.4 is 0 Å². The van der Waals surface area contributed by atoms with E-state index in [1.807, 2.05) is 42.5 Å². The maximum atomic E-state index is 9.02. The molecular weight excluding hydrogens is 210 g/mol. The Hall–Kier alpha value is -2.60. The van der Waals surface area contributed by atoms with Crippen molar-refractivity contribution in [1.29, 1.82) is 5.26 Å². The minimum atomic E-state index is 0.622. The fourth-order valence-corrected chi connectivity index (χ4v) is 1.95. The van der Waals surface area contributed by atoms with Crippen LogP contribution in [0, 0.1) is 11.3 Å². The van der Waals surface area contributed by atoms with Gasteiger partial charge in [0.1, 0.15) is 6.07 Å². The Bertz CT molecular complexity index is 705. The van der Waals surface area contributed by atoms with E-state index >= 15 is 0 Å². The fraction of sp³-hybridized carbons (Fsp3) is 0. The summed E-state index contributed by atoms with van der Waals surface area (Å²) in [5.74, 6) is 0. The van der Waals surface area contributed by atoms with Crippen molar-refractivity contribution in [3.8, 4) is 17.3 Å². The molecule has 0 unspecified atom stereocenters. The van der Waals surface area contributed by atoms with Gasteiger partial charge in [0.25, 0.3) is 0 Å². The predicted octanol–water partition coefficient (Wildman–Crippen LogP) is 3.10. The van der Waals surface area contributed by atoms with Crippen molar-refractivity contribution >= 4 is 10.9 Å². The molecule has 3 aromatic rings. The van der Waals surface area contributed by atoms with Gasteiger partial charge in [-0.15, -0.1) is 0 Å². The highest BCUT2D eigenvalue weighted by molar-refractivity contribution is 5.95. The maximum Gasteiger partial charge on any atom is 0.101 e. The summed E-state index contributed by atoms with van der Waals surface area (Å²) in [7, 11) is 0. The molecule has 3 nitrogen and oxygen atoms in total. The summed E-state index contributed by atoms with van der Waals surface area (Å²) in [6.07, 6.45) is 0. The van der Waals surface area contributed by atoms with E-state index < -0.39 is 0 Å². The van der Waals surface area contributed by atoms with Crippen molar-refractivity contribution in [2.45, 2.75) is 0 Å². The number of nitrogens with zero attached hydrogens (tertiary/aromatic N) is 2. The van der Waals surface area contributed by atoms with Crippen LogP contribution in [0.3, 0.4) is 0 Å². The number of hydrogen-bond donors (Lipinski definition) is 1. The lowest BCUT2D eigenvalue weighted by molar-refractivity contribution is 1.12. The van der Waals surface area contributed by atoms with Crippen LogP contribution in [0.4, 0.5) is 0 Å². The molecule has 0 aliphatic carbocycles. The number of nitriles is 1. The van der Waals surface area contributed by atoms with Gasteiger partial charge < -0.3 is 0 Å². The third-order valence-electron chi connectivity index (χ3n) is 2.77. The molecule has 17 heavy (non-hydrogen) atoms. The van der Waals surface area contributed by atoms with Crippen molar-refractivity contribution in [2.24, 2.45) is 0 Å². The first-order chi connectivity index (χ1) is 8.40. The zero-order valence-corrected chi connectivity index (χ0v) is 9.01. The van der Waals surface area contributed by atoms with Crippen molar-refractivity contribution in [1.82, 2.24) is 10.2 Å². The Morgan fingerprint density at radius 1 is 1.00 bits per heavy atom. The lowest BCUT2D eigenvalue weighted by atomic mass is 10.1. The third kappa shape index (κ3) is 1.47. The van der Waals surface area contributed by atoms with Crippen LogP contribution in [-0.2, 0) is 0 Å². The molecule has 3 rings (SSSR count). The van der Waals surface area contributed by atoms with Crippen LogP contribution >= 0.6 is 0 Å². The van der Waals surface area contributed by atoms with E-state index in [9.17, 15) is 0 Å². The Morgan fingerprint density at radius 2 is 1.82 bits per heavy atom. The molecule has 0 atom stereocenters. The molecule has 0 fully saturated rings. The molecule has 1 aromatic heterocycles. The third-order valence-corrected chi connectivity index (χ3v) is 2.77. The van der Waals surface area contributed by atoms with Gasteiger partial charge in [-0.1, -0.05) is 42.5 Å². The molecule has 1 heterocycles. The van der Waals surface area contributed by atoms with Crippen LogP contribution in [0.1, 0.15) is 5.56 Å². The summed E-state index contributed by atoms with van der Waals surface area (Å²) < 4.78 is 0. The van der Waals surface area contributed by atoms with Gasteiger partial charge in [-0.05, 0) is 6.07 Å². The second kappa shape index (κ2) is 3.76. The fourth-order valence-electron chi connectivity index (χ4n) is 1.95. The van der Waals surface area contributed by atoms with Gasteiger partial charge in [0, 0.05) is 10.9 Å². The molecular formula is C14H9N3. The number of nitrogens with one attached hydrogen (secondary N) is 1. The number of rotatable bonds is 1. The van der Waals surface area contributed by atoms with Gasteiger partial charge in [0.2, 0.25) is 0 Å². The number of H-pyrrole nitrogens is 1.